The Morgan fingerprint density at radius 3 is 2.58 bits per heavy atom. The second kappa shape index (κ2) is 7.27. The molecule has 102 valence electrons. The molecule has 1 aromatic rings. The summed E-state index contributed by atoms with van der Waals surface area (Å²) in [7, 11) is 3.06. The molecular formula is C14H18N2O3. The lowest BCUT2D eigenvalue weighted by Gasteiger charge is -2.14. The van der Waals surface area contributed by atoms with Gasteiger partial charge in [0.1, 0.15) is 0 Å². The lowest BCUT2D eigenvalue weighted by atomic mass is 10.1. The number of carbonyl (C=O) groups is 1. The van der Waals surface area contributed by atoms with Crippen LogP contribution in [0.15, 0.2) is 18.2 Å². The summed E-state index contributed by atoms with van der Waals surface area (Å²) in [6, 6.07) is 6.88. The lowest BCUT2D eigenvalue weighted by Crippen LogP contribution is -2.34. The summed E-state index contributed by atoms with van der Waals surface area (Å²) in [5.41, 5.74) is 0.481. The second-order valence-electron chi connectivity index (χ2n) is 4.01. The van der Waals surface area contributed by atoms with Crippen molar-refractivity contribution in [2.45, 2.75) is 25.8 Å². The second-order valence-corrected chi connectivity index (χ2v) is 4.01. The fraction of sp³-hybridized carbons (Fsp3) is 0.429. The topological polar surface area (TPSA) is 71.4 Å². The molecule has 5 nitrogen and oxygen atoms in total. The van der Waals surface area contributed by atoms with Gasteiger partial charge >= 0.3 is 0 Å². The maximum Gasteiger partial charge on any atom is 0.251 e. The molecule has 0 aliphatic carbocycles. The molecule has 5 heteroatoms. The first-order valence-electron chi connectivity index (χ1n) is 6.06. The first kappa shape index (κ1) is 14.8. The fourth-order valence-electron chi connectivity index (χ4n) is 1.65. The predicted molar refractivity (Wildman–Crippen MR) is 71.3 cm³/mol. The summed E-state index contributed by atoms with van der Waals surface area (Å²) in [6.07, 6.45) is 1.02. The molecule has 0 aliphatic rings. The molecule has 0 saturated heterocycles. The molecule has 1 N–H and O–H groups in total. The fourth-order valence-corrected chi connectivity index (χ4v) is 1.65. The molecular weight excluding hydrogens is 244 g/mol. The van der Waals surface area contributed by atoms with Crippen LogP contribution in [0.2, 0.25) is 0 Å². The number of ether oxygens (including phenoxy) is 2. The Labute approximate surface area is 113 Å². The third-order valence-corrected chi connectivity index (χ3v) is 2.81. The maximum atomic E-state index is 12.0. The molecule has 1 unspecified atom stereocenters. The summed E-state index contributed by atoms with van der Waals surface area (Å²) in [6.45, 7) is 1.93. The highest BCUT2D eigenvalue weighted by Gasteiger charge is 2.14. The van der Waals surface area contributed by atoms with Crippen LogP contribution in [0, 0.1) is 11.3 Å². The van der Waals surface area contributed by atoms with E-state index < -0.39 is 0 Å². The SMILES string of the molecule is CCC(CC#N)NC(=O)c1ccc(OC)c(OC)c1. The van der Waals surface area contributed by atoms with Crippen LogP contribution >= 0.6 is 0 Å². The lowest BCUT2D eigenvalue weighted by molar-refractivity contribution is 0.0936. The predicted octanol–water partition coefficient (Wildman–Crippen LogP) is 2.13. The highest BCUT2D eigenvalue weighted by Crippen LogP contribution is 2.27. The number of benzene rings is 1. The van der Waals surface area contributed by atoms with Crippen molar-refractivity contribution in [2.75, 3.05) is 14.2 Å². The molecule has 1 rings (SSSR count). The molecule has 0 saturated carbocycles. The monoisotopic (exact) mass is 262 g/mol. The average molecular weight is 262 g/mol. The Kier molecular flexibility index (Phi) is 5.68. The molecule has 0 radical (unpaired) electrons. The van der Waals surface area contributed by atoms with Gasteiger partial charge in [-0.2, -0.15) is 5.26 Å². The quantitative estimate of drug-likeness (QED) is 0.852. The van der Waals surface area contributed by atoms with Crippen molar-refractivity contribution >= 4 is 5.91 Å². The number of nitrogens with one attached hydrogen (secondary N) is 1. The van der Waals surface area contributed by atoms with Crippen LogP contribution in [0.4, 0.5) is 0 Å². The smallest absolute Gasteiger partial charge is 0.251 e. The summed E-state index contributed by atoms with van der Waals surface area (Å²) >= 11 is 0. The van der Waals surface area contributed by atoms with Crippen molar-refractivity contribution in [1.29, 1.82) is 5.26 Å². The molecule has 1 amide bonds. The van der Waals surface area contributed by atoms with Crippen LogP contribution in [-0.2, 0) is 0 Å². The van der Waals surface area contributed by atoms with Gasteiger partial charge in [-0.25, -0.2) is 0 Å². The number of hydrogen-bond acceptors (Lipinski definition) is 4. The van der Waals surface area contributed by atoms with Gasteiger partial charge in [0.05, 0.1) is 26.7 Å². The van der Waals surface area contributed by atoms with Gasteiger partial charge in [-0.05, 0) is 24.6 Å². The third kappa shape index (κ3) is 3.88. The molecule has 0 bridgehead atoms. The van der Waals surface area contributed by atoms with E-state index in [-0.39, 0.29) is 11.9 Å². The minimum Gasteiger partial charge on any atom is -0.493 e. The Hall–Kier alpha value is -2.22. The molecule has 0 aromatic heterocycles. The van der Waals surface area contributed by atoms with Gasteiger partial charge in [0.2, 0.25) is 0 Å². The Bertz CT molecular complexity index is 480. The van der Waals surface area contributed by atoms with Crippen molar-refractivity contribution in [3.05, 3.63) is 23.8 Å². The normalized spacial score (nSPS) is 11.3. The number of hydrogen-bond donors (Lipinski definition) is 1. The van der Waals surface area contributed by atoms with Gasteiger partial charge in [-0.1, -0.05) is 6.92 Å². The number of carbonyl (C=O) groups excluding carboxylic acids is 1. The minimum atomic E-state index is -0.219. The van der Waals surface area contributed by atoms with E-state index in [0.29, 0.717) is 29.9 Å². The maximum absolute atomic E-state index is 12.0. The van der Waals surface area contributed by atoms with Crippen LogP contribution in [0.3, 0.4) is 0 Å². The van der Waals surface area contributed by atoms with E-state index >= 15 is 0 Å². The third-order valence-electron chi connectivity index (χ3n) is 2.81. The van der Waals surface area contributed by atoms with Crippen molar-refractivity contribution < 1.29 is 14.3 Å². The summed E-state index contributed by atoms with van der Waals surface area (Å²) < 4.78 is 10.3. The summed E-state index contributed by atoms with van der Waals surface area (Å²) in [5, 5.41) is 11.5. The van der Waals surface area contributed by atoms with Crippen molar-refractivity contribution in [1.82, 2.24) is 5.32 Å². The van der Waals surface area contributed by atoms with E-state index in [1.165, 1.54) is 14.2 Å². The highest BCUT2D eigenvalue weighted by atomic mass is 16.5. The zero-order valence-corrected chi connectivity index (χ0v) is 11.4. The molecule has 0 heterocycles. The molecule has 0 spiro atoms. The number of methoxy groups -OCH3 is 2. The Morgan fingerprint density at radius 2 is 2.05 bits per heavy atom. The molecule has 1 atom stereocenters. The zero-order chi connectivity index (χ0) is 14.3. The van der Waals surface area contributed by atoms with E-state index in [0.717, 1.165) is 0 Å². The molecule has 19 heavy (non-hydrogen) atoms. The van der Waals surface area contributed by atoms with Crippen LogP contribution < -0.4 is 14.8 Å². The van der Waals surface area contributed by atoms with Gasteiger partial charge in [0.25, 0.3) is 5.91 Å². The number of amides is 1. The van der Waals surface area contributed by atoms with Gasteiger partial charge in [-0.15, -0.1) is 0 Å². The number of nitriles is 1. The van der Waals surface area contributed by atoms with Gasteiger partial charge in [-0.3, -0.25) is 4.79 Å². The first-order chi connectivity index (χ1) is 9.15. The molecule has 1 aromatic carbocycles. The number of rotatable bonds is 6. The highest BCUT2D eigenvalue weighted by molar-refractivity contribution is 5.95. The average Bonchev–Trinajstić information content (AvgIpc) is 2.45. The van der Waals surface area contributed by atoms with Crippen molar-refractivity contribution in [3.63, 3.8) is 0 Å². The Balaban J connectivity index is 2.85. The van der Waals surface area contributed by atoms with Crippen LogP contribution in [0.5, 0.6) is 11.5 Å². The van der Waals surface area contributed by atoms with E-state index in [1.807, 2.05) is 6.92 Å². The van der Waals surface area contributed by atoms with E-state index in [4.69, 9.17) is 14.7 Å². The largest absolute Gasteiger partial charge is 0.493 e. The van der Waals surface area contributed by atoms with E-state index in [2.05, 4.69) is 11.4 Å². The van der Waals surface area contributed by atoms with Gasteiger partial charge < -0.3 is 14.8 Å². The van der Waals surface area contributed by atoms with Crippen LogP contribution in [0.25, 0.3) is 0 Å². The molecule has 0 fully saturated rings. The van der Waals surface area contributed by atoms with E-state index in [1.54, 1.807) is 18.2 Å². The number of nitrogens with zero attached hydrogens (tertiary/aromatic N) is 1. The summed E-state index contributed by atoms with van der Waals surface area (Å²) in [4.78, 5) is 12.0. The molecule has 0 aliphatic heterocycles. The minimum absolute atomic E-state index is 0.134. The first-order valence-corrected chi connectivity index (χ1v) is 6.06. The van der Waals surface area contributed by atoms with Crippen molar-refractivity contribution in [3.8, 4) is 17.6 Å². The zero-order valence-electron chi connectivity index (χ0n) is 11.4. The van der Waals surface area contributed by atoms with Crippen molar-refractivity contribution in [2.24, 2.45) is 0 Å². The van der Waals surface area contributed by atoms with E-state index in [9.17, 15) is 4.79 Å². The van der Waals surface area contributed by atoms with Crippen LogP contribution in [0.1, 0.15) is 30.1 Å². The van der Waals surface area contributed by atoms with Gasteiger partial charge in [0.15, 0.2) is 11.5 Å². The van der Waals surface area contributed by atoms with Gasteiger partial charge in [0, 0.05) is 11.6 Å². The van der Waals surface area contributed by atoms with Crippen LogP contribution in [-0.4, -0.2) is 26.2 Å². The standard InChI is InChI=1S/C14H18N2O3/c1-4-11(7-8-15)16-14(17)10-5-6-12(18-2)13(9-10)19-3/h5-6,9,11H,4,7H2,1-3H3,(H,16,17). The Morgan fingerprint density at radius 1 is 1.37 bits per heavy atom. The summed E-state index contributed by atoms with van der Waals surface area (Å²) in [5.74, 6) is 0.856.